The smallest absolute Gasteiger partial charge is 0.191 e. The van der Waals surface area contributed by atoms with Gasteiger partial charge in [0.25, 0.3) is 0 Å². The fourth-order valence-electron chi connectivity index (χ4n) is 3.29. The number of aliphatic imine (C=N–C) groups is 1. The Kier molecular flexibility index (Phi) is 8.82. The van der Waals surface area contributed by atoms with E-state index >= 15 is 0 Å². The molecule has 0 amide bonds. The average molecular weight is 522 g/mol. The van der Waals surface area contributed by atoms with Gasteiger partial charge in [0.05, 0.1) is 12.2 Å². The summed E-state index contributed by atoms with van der Waals surface area (Å²) in [6.07, 6.45) is 8.07. The van der Waals surface area contributed by atoms with E-state index in [-0.39, 0.29) is 30.0 Å². The van der Waals surface area contributed by atoms with E-state index in [1.165, 1.54) is 11.3 Å². The Hall–Kier alpha value is -2.43. The Morgan fingerprint density at radius 2 is 2.07 bits per heavy atom. The van der Waals surface area contributed by atoms with Gasteiger partial charge in [-0.1, -0.05) is 0 Å². The number of guanidine groups is 1. The Balaban J connectivity index is 0.00000320. The van der Waals surface area contributed by atoms with Gasteiger partial charge in [-0.2, -0.15) is 5.10 Å². The fourth-order valence-corrected chi connectivity index (χ4v) is 3.29. The normalized spacial score (nSPS) is 12.4. The minimum Gasteiger partial charge on any atom is -0.357 e. The lowest BCUT2D eigenvalue weighted by atomic mass is 10.1. The number of imidazole rings is 1. The topological polar surface area (TPSA) is 84.9 Å². The van der Waals surface area contributed by atoms with Gasteiger partial charge in [0, 0.05) is 43.9 Å². The molecule has 1 atom stereocenters. The zero-order valence-corrected chi connectivity index (χ0v) is 20.6. The number of aromatic nitrogens is 5. The molecule has 30 heavy (non-hydrogen) atoms. The molecule has 0 aromatic carbocycles. The summed E-state index contributed by atoms with van der Waals surface area (Å²) in [5, 5.41) is 11.4. The first kappa shape index (κ1) is 23.8. The van der Waals surface area contributed by atoms with Gasteiger partial charge in [0.1, 0.15) is 12.1 Å². The quantitative estimate of drug-likeness (QED) is 0.283. The highest BCUT2D eigenvalue weighted by Gasteiger charge is 2.14. The standard InChI is InChI=1S/C21H30N8.HI/c1-6-23-21(26-15(2)11-19-16(3)27-28(5)17(19)4)25-13-18-7-8-24-20(12-18)29-10-9-22-14-29;/h7-10,12,14-15H,6,11,13H2,1-5H3,(H2,23,25,26);1H. The van der Waals surface area contributed by atoms with Crippen LogP contribution < -0.4 is 10.6 Å². The van der Waals surface area contributed by atoms with E-state index in [1.54, 1.807) is 18.7 Å². The highest BCUT2D eigenvalue weighted by Crippen LogP contribution is 2.14. The molecule has 3 heterocycles. The van der Waals surface area contributed by atoms with Crippen molar-refractivity contribution in [2.45, 2.75) is 46.7 Å². The molecule has 162 valence electrons. The van der Waals surface area contributed by atoms with Crippen LogP contribution in [0.5, 0.6) is 0 Å². The molecule has 0 bridgehead atoms. The summed E-state index contributed by atoms with van der Waals surface area (Å²) in [7, 11) is 1.99. The molecule has 3 rings (SSSR count). The van der Waals surface area contributed by atoms with Crippen LogP contribution in [0, 0.1) is 13.8 Å². The van der Waals surface area contributed by atoms with Gasteiger partial charge < -0.3 is 10.6 Å². The Bertz CT molecular complexity index is 962. The van der Waals surface area contributed by atoms with Gasteiger partial charge in [0.15, 0.2) is 5.96 Å². The van der Waals surface area contributed by atoms with E-state index in [4.69, 9.17) is 4.99 Å². The lowest BCUT2D eigenvalue weighted by Gasteiger charge is -2.18. The third kappa shape index (κ3) is 6.04. The van der Waals surface area contributed by atoms with E-state index in [0.29, 0.717) is 6.54 Å². The van der Waals surface area contributed by atoms with E-state index in [0.717, 1.165) is 36.0 Å². The van der Waals surface area contributed by atoms with Crippen LogP contribution in [0.3, 0.4) is 0 Å². The van der Waals surface area contributed by atoms with Gasteiger partial charge >= 0.3 is 0 Å². The molecule has 0 fully saturated rings. The molecule has 2 N–H and O–H groups in total. The molecule has 0 aliphatic carbocycles. The van der Waals surface area contributed by atoms with Crippen LogP contribution in [0.1, 0.15) is 36.4 Å². The van der Waals surface area contributed by atoms with Crippen molar-refractivity contribution in [3.8, 4) is 5.82 Å². The molecule has 0 radical (unpaired) electrons. The van der Waals surface area contributed by atoms with Crippen molar-refractivity contribution in [1.29, 1.82) is 0 Å². The summed E-state index contributed by atoms with van der Waals surface area (Å²) in [5.41, 5.74) is 4.68. The highest BCUT2D eigenvalue weighted by atomic mass is 127. The van der Waals surface area contributed by atoms with Crippen LogP contribution in [0.4, 0.5) is 0 Å². The van der Waals surface area contributed by atoms with Gasteiger partial charge in [-0.15, -0.1) is 24.0 Å². The maximum absolute atomic E-state index is 4.76. The molecule has 0 aliphatic rings. The monoisotopic (exact) mass is 522 g/mol. The number of rotatable bonds is 7. The molecular weight excluding hydrogens is 491 g/mol. The predicted molar refractivity (Wildman–Crippen MR) is 131 cm³/mol. The van der Waals surface area contributed by atoms with Crippen LogP contribution in [0.2, 0.25) is 0 Å². The molecule has 3 aromatic heterocycles. The summed E-state index contributed by atoms with van der Waals surface area (Å²) in [6.45, 7) is 9.79. The molecule has 0 aliphatic heterocycles. The van der Waals surface area contributed by atoms with Crippen molar-refractivity contribution in [2.24, 2.45) is 12.0 Å². The van der Waals surface area contributed by atoms with Crippen LogP contribution >= 0.6 is 24.0 Å². The number of pyridine rings is 1. The Morgan fingerprint density at radius 3 is 2.70 bits per heavy atom. The maximum atomic E-state index is 4.76. The second-order valence-corrected chi connectivity index (χ2v) is 7.21. The van der Waals surface area contributed by atoms with E-state index in [2.05, 4.69) is 53.4 Å². The third-order valence-corrected chi connectivity index (χ3v) is 4.90. The summed E-state index contributed by atoms with van der Waals surface area (Å²) in [6, 6.07) is 4.24. The molecule has 8 nitrogen and oxygen atoms in total. The summed E-state index contributed by atoms with van der Waals surface area (Å²) >= 11 is 0. The van der Waals surface area contributed by atoms with E-state index < -0.39 is 0 Å². The van der Waals surface area contributed by atoms with Crippen molar-refractivity contribution in [2.75, 3.05) is 6.54 Å². The van der Waals surface area contributed by atoms with Gasteiger partial charge in [-0.3, -0.25) is 9.25 Å². The molecule has 9 heteroatoms. The molecule has 1 unspecified atom stereocenters. The van der Waals surface area contributed by atoms with Crippen molar-refractivity contribution in [3.63, 3.8) is 0 Å². The number of nitrogens with one attached hydrogen (secondary N) is 2. The summed E-state index contributed by atoms with van der Waals surface area (Å²) < 4.78 is 3.83. The molecule has 0 saturated carbocycles. The lowest BCUT2D eigenvalue weighted by Crippen LogP contribution is -2.43. The molecule has 0 spiro atoms. The van der Waals surface area contributed by atoms with Crippen molar-refractivity contribution < 1.29 is 0 Å². The summed E-state index contributed by atoms with van der Waals surface area (Å²) in [5.74, 6) is 1.64. The zero-order valence-electron chi connectivity index (χ0n) is 18.3. The van der Waals surface area contributed by atoms with Crippen molar-refractivity contribution >= 4 is 29.9 Å². The second-order valence-electron chi connectivity index (χ2n) is 7.21. The summed E-state index contributed by atoms with van der Waals surface area (Å²) in [4.78, 5) is 13.2. The molecular formula is C21H31IN8. The van der Waals surface area contributed by atoms with Crippen LogP contribution in [-0.2, 0) is 20.0 Å². The number of hydrogen-bond donors (Lipinski definition) is 2. The minimum absolute atomic E-state index is 0. The van der Waals surface area contributed by atoms with Gasteiger partial charge in [-0.25, -0.2) is 15.0 Å². The lowest BCUT2D eigenvalue weighted by molar-refractivity contribution is 0.635. The Morgan fingerprint density at radius 1 is 1.27 bits per heavy atom. The first-order valence-corrected chi connectivity index (χ1v) is 9.95. The fraction of sp³-hybridized carbons (Fsp3) is 0.429. The number of hydrogen-bond acceptors (Lipinski definition) is 4. The number of aryl methyl sites for hydroxylation is 2. The van der Waals surface area contributed by atoms with Crippen LogP contribution in [-0.4, -0.2) is 42.9 Å². The minimum atomic E-state index is 0. The van der Waals surface area contributed by atoms with Crippen molar-refractivity contribution in [3.05, 3.63) is 59.6 Å². The predicted octanol–water partition coefficient (Wildman–Crippen LogP) is 2.92. The van der Waals surface area contributed by atoms with Gasteiger partial charge in [-0.05, 0) is 57.4 Å². The van der Waals surface area contributed by atoms with Crippen LogP contribution in [0.25, 0.3) is 5.82 Å². The highest BCUT2D eigenvalue weighted by molar-refractivity contribution is 14.0. The number of nitrogens with zero attached hydrogens (tertiary/aromatic N) is 6. The maximum Gasteiger partial charge on any atom is 0.191 e. The largest absolute Gasteiger partial charge is 0.357 e. The SMILES string of the molecule is CCNC(=NCc1ccnc(-n2ccnc2)c1)NC(C)Cc1c(C)nn(C)c1C.I. The second kappa shape index (κ2) is 11.1. The van der Waals surface area contributed by atoms with E-state index in [1.807, 2.05) is 34.6 Å². The van der Waals surface area contributed by atoms with Crippen LogP contribution in [0.15, 0.2) is 42.0 Å². The Labute approximate surface area is 195 Å². The first-order valence-electron chi connectivity index (χ1n) is 9.95. The zero-order chi connectivity index (χ0) is 20.8. The number of halogens is 1. The molecule has 0 saturated heterocycles. The van der Waals surface area contributed by atoms with Gasteiger partial charge in [0.2, 0.25) is 0 Å². The van der Waals surface area contributed by atoms with Crippen molar-refractivity contribution in [1.82, 2.24) is 34.9 Å². The first-order chi connectivity index (χ1) is 14.0. The van der Waals surface area contributed by atoms with E-state index in [9.17, 15) is 0 Å². The average Bonchev–Trinajstić information content (AvgIpc) is 3.32. The molecule has 3 aromatic rings. The third-order valence-electron chi connectivity index (χ3n) is 4.90.